The molecule has 0 amide bonds. The van der Waals surface area contributed by atoms with E-state index in [1.165, 1.54) is 6.26 Å². The zero-order valence-corrected chi connectivity index (χ0v) is 9.67. The molecule has 0 aromatic carbocycles. The normalized spacial score (nSPS) is 10.7. The summed E-state index contributed by atoms with van der Waals surface area (Å²) >= 11 is 0. The largest absolute Gasteiger partial charge is 0.461 e. The molecular formula is C13H14N2O2. The van der Waals surface area contributed by atoms with Crippen molar-refractivity contribution in [3.63, 3.8) is 0 Å². The molecule has 0 fully saturated rings. The van der Waals surface area contributed by atoms with E-state index in [-0.39, 0.29) is 5.78 Å². The van der Waals surface area contributed by atoms with Gasteiger partial charge in [0.25, 0.3) is 0 Å². The monoisotopic (exact) mass is 230 g/mol. The van der Waals surface area contributed by atoms with E-state index in [0.717, 1.165) is 12.1 Å². The fourth-order valence-electron chi connectivity index (χ4n) is 1.62. The first kappa shape index (κ1) is 11.5. The molecule has 0 saturated carbocycles. The molecule has 0 atom stereocenters. The second-order valence-corrected chi connectivity index (χ2v) is 3.93. The van der Waals surface area contributed by atoms with Crippen molar-refractivity contribution >= 4 is 5.78 Å². The number of nitrogens with zero attached hydrogens (tertiary/aromatic N) is 2. The summed E-state index contributed by atoms with van der Waals surface area (Å²) in [6, 6.07) is 7.28. The number of ketones is 1. The van der Waals surface area contributed by atoms with Crippen LogP contribution in [-0.2, 0) is 6.54 Å². The van der Waals surface area contributed by atoms with Crippen LogP contribution in [0.4, 0.5) is 0 Å². The van der Waals surface area contributed by atoms with E-state index in [1.807, 2.05) is 24.1 Å². The van der Waals surface area contributed by atoms with Gasteiger partial charge in [0, 0.05) is 18.9 Å². The van der Waals surface area contributed by atoms with E-state index < -0.39 is 0 Å². The molecule has 4 heteroatoms. The second-order valence-electron chi connectivity index (χ2n) is 3.93. The van der Waals surface area contributed by atoms with Gasteiger partial charge < -0.3 is 4.42 Å². The minimum absolute atomic E-state index is 0.00782. The van der Waals surface area contributed by atoms with Crippen molar-refractivity contribution in [3.05, 3.63) is 54.2 Å². The highest BCUT2D eigenvalue weighted by atomic mass is 16.3. The van der Waals surface area contributed by atoms with Gasteiger partial charge in [0.1, 0.15) is 0 Å². The Hall–Kier alpha value is -1.94. The molecule has 0 radical (unpaired) electrons. The number of likely N-dealkylation sites (N-methyl/N-ethyl adjacent to an activating group) is 1. The summed E-state index contributed by atoms with van der Waals surface area (Å²) in [6.07, 6.45) is 5.01. The Bertz CT molecular complexity index is 465. The number of aromatic nitrogens is 1. The lowest BCUT2D eigenvalue weighted by atomic mass is 10.2. The summed E-state index contributed by atoms with van der Waals surface area (Å²) in [5.41, 5.74) is 1.13. The van der Waals surface area contributed by atoms with Gasteiger partial charge in [-0.1, -0.05) is 0 Å². The highest BCUT2D eigenvalue weighted by Crippen LogP contribution is 2.05. The molecule has 4 nitrogen and oxygen atoms in total. The van der Waals surface area contributed by atoms with Crippen LogP contribution in [0.1, 0.15) is 16.1 Å². The highest BCUT2D eigenvalue weighted by molar-refractivity contribution is 5.94. The Labute approximate surface area is 99.9 Å². The molecule has 2 aromatic rings. The van der Waals surface area contributed by atoms with Crippen LogP contribution in [0.15, 0.2) is 47.3 Å². The molecule has 2 heterocycles. The smallest absolute Gasteiger partial charge is 0.211 e. The average molecular weight is 230 g/mol. The molecule has 2 aromatic heterocycles. The molecule has 0 spiro atoms. The molecule has 88 valence electrons. The van der Waals surface area contributed by atoms with Gasteiger partial charge in [-0.25, -0.2) is 0 Å². The lowest BCUT2D eigenvalue weighted by Crippen LogP contribution is -2.25. The van der Waals surface area contributed by atoms with Crippen LogP contribution in [0.5, 0.6) is 0 Å². The van der Waals surface area contributed by atoms with Gasteiger partial charge in [0.05, 0.1) is 12.8 Å². The topological polar surface area (TPSA) is 46.3 Å². The van der Waals surface area contributed by atoms with Gasteiger partial charge >= 0.3 is 0 Å². The second kappa shape index (κ2) is 5.41. The predicted octanol–water partition coefficient (Wildman–Crippen LogP) is 1.99. The lowest BCUT2D eigenvalue weighted by molar-refractivity contribution is 0.0915. The van der Waals surface area contributed by atoms with E-state index >= 15 is 0 Å². The Morgan fingerprint density at radius 1 is 1.35 bits per heavy atom. The molecule has 0 bridgehead atoms. The van der Waals surface area contributed by atoms with Crippen LogP contribution in [0.2, 0.25) is 0 Å². The number of carbonyl (C=O) groups is 1. The number of hydrogen-bond donors (Lipinski definition) is 0. The Morgan fingerprint density at radius 2 is 2.12 bits per heavy atom. The van der Waals surface area contributed by atoms with Crippen LogP contribution in [0.3, 0.4) is 0 Å². The number of pyridine rings is 1. The number of Topliss-reactive ketones (excluding diaryl/α,β-unsaturated/α-hetero) is 1. The summed E-state index contributed by atoms with van der Waals surface area (Å²) in [5, 5.41) is 0. The minimum atomic E-state index is -0.00782. The predicted molar refractivity (Wildman–Crippen MR) is 63.6 cm³/mol. The molecule has 2 rings (SSSR count). The van der Waals surface area contributed by atoms with Crippen molar-refractivity contribution in [3.8, 4) is 0 Å². The maximum atomic E-state index is 11.8. The first-order valence-electron chi connectivity index (χ1n) is 5.40. The summed E-state index contributed by atoms with van der Waals surface area (Å²) in [5.74, 6) is 0.401. The first-order chi connectivity index (χ1) is 8.25. The third-order valence-corrected chi connectivity index (χ3v) is 2.41. The van der Waals surface area contributed by atoms with E-state index in [4.69, 9.17) is 4.42 Å². The average Bonchev–Trinajstić information content (AvgIpc) is 2.83. The van der Waals surface area contributed by atoms with Gasteiger partial charge in [0.2, 0.25) is 5.78 Å². The van der Waals surface area contributed by atoms with Crippen molar-refractivity contribution in [1.29, 1.82) is 0 Å². The van der Waals surface area contributed by atoms with E-state index in [2.05, 4.69) is 4.98 Å². The zero-order valence-electron chi connectivity index (χ0n) is 9.67. The van der Waals surface area contributed by atoms with Gasteiger partial charge in [-0.2, -0.15) is 0 Å². The Kier molecular flexibility index (Phi) is 3.67. The lowest BCUT2D eigenvalue weighted by Gasteiger charge is -2.14. The van der Waals surface area contributed by atoms with Gasteiger partial charge in [0.15, 0.2) is 5.76 Å². The molecule has 0 aliphatic rings. The summed E-state index contributed by atoms with van der Waals surface area (Å²) in [7, 11) is 1.90. The Morgan fingerprint density at radius 3 is 2.76 bits per heavy atom. The van der Waals surface area contributed by atoms with Crippen molar-refractivity contribution < 1.29 is 9.21 Å². The summed E-state index contributed by atoms with van der Waals surface area (Å²) < 4.78 is 5.06. The van der Waals surface area contributed by atoms with Crippen LogP contribution in [0, 0.1) is 0 Å². The fraction of sp³-hybridized carbons (Fsp3) is 0.231. The number of rotatable bonds is 5. The highest BCUT2D eigenvalue weighted by Gasteiger charge is 2.11. The van der Waals surface area contributed by atoms with Gasteiger partial charge in [-0.3, -0.25) is 14.7 Å². The van der Waals surface area contributed by atoms with Crippen LogP contribution >= 0.6 is 0 Å². The Balaban J connectivity index is 1.90. The number of carbonyl (C=O) groups excluding carboxylic acids is 1. The molecular weight excluding hydrogens is 216 g/mol. The third-order valence-electron chi connectivity index (χ3n) is 2.41. The number of furan rings is 1. The fourth-order valence-corrected chi connectivity index (χ4v) is 1.62. The maximum Gasteiger partial charge on any atom is 0.211 e. The summed E-state index contributed by atoms with van der Waals surface area (Å²) in [4.78, 5) is 17.7. The third kappa shape index (κ3) is 3.26. The maximum absolute atomic E-state index is 11.8. The van der Waals surface area contributed by atoms with Gasteiger partial charge in [-0.05, 0) is 36.9 Å². The van der Waals surface area contributed by atoms with Crippen LogP contribution in [0.25, 0.3) is 0 Å². The van der Waals surface area contributed by atoms with E-state index in [9.17, 15) is 4.79 Å². The van der Waals surface area contributed by atoms with Crippen molar-refractivity contribution in [2.24, 2.45) is 0 Å². The van der Waals surface area contributed by atoms with Crippen LogP contribution < -0.4 is 0 Å². The molecule has 0 N–H and O–H groups in total. The summed E-state index contributed by atoms with van der Waals surface area (Å²) in [6.45, 7) is 1.06. The van der Waals surface area contributed by atoms with Gasteiger partial charge in [-0.15, -0.1) is 0 Å². The standard InChI is InChI=1S/C13H14N2O2/c1-15(9-11-4-6-14-7-5-11)10-12(16)13-3-2-8-17-13/h2-8H,9-10H2,1H3. The first-order valence-corrected chi connectivity index (χ1v) is 5.40. The number of hydrogen-bond acceptors (Lipinski definition) is 4. The quantitative estimate of drug-likeness (QED) is 0.737. The molecule has 17 heavy (non-hydrogen) atoms. The van der Waals surface area contributed by atoms with E-state index in [0.29, 0.717) is 12.3 Å². The zero-order chi connectivity index (χ0) is 12.1. The van der Waals surface area contributed by atoms with Crippen LogP contribution in [-0.4, -0.2) is 29.3 Å². The van der Waals surface area contributed by atoms with Crippen molar-refractivity contribution in [2.45, 2.75) is 6.54 Å². The molecule has 0 unspecified atom stereocenters. The molecule has 0 aliphatic heterocycles. The molecule has 0 saturated heterocycles. The molecule has 0 aliphatic carbocycles. The minimum Gasteiger partial charge on any atom is -0.461 e. The SMILES string of the molecule is CN(CC(=O)c1ccco1)Cc1ccncc1. The van der Waals surface area contributed by atoms with Crippen molar-refractivity contribution in [2.75, 3.05) is 13.6 Å². The van der Waals surface area contributed by atoms with E-state index in [1.54, 1.807) is 24.5 Å². The van der Waals surface area contributed by atoms with Crippen molar-refractivity contribution in [1.82, 2.24) is 9.88 Å².